The van der Waals surface area contributed by atoms with Crippen LogP contribution in [0.5, 0.6) is 0 Å². The quantitative estimate of drug-likeness (QED) is 0.436. The summed E-state index contributed by atoms with van der Waals surface area (Å²) in [6.07, 6.45) is 3.80. The lowest BCUT2D eigenvalue weighted by atomic mass is 10.1. The lowest BCUT2D eigenvalue weighted by Gasteiger charge is -2.30. The maximum absolute atomic E-state index is 13.3. The molecule has 2 amide bonds. The first-order valence-corrected chi connectivity index (χ1v) is 14.6. The van der Waals surface area contributed by atoms with Crippen molar-refractivity contribution in [3.8, 4) is 0 Å². The fourth-order valence-corrected chi connectivity index (χ4v) is 5.84. The second-order valence-electron chi connectivity index (χ2n) is 9.33. The smallest absolute Gasteiger partial charge is 0.320 e. The van der Waals surface area contributed by atoms with Gasteiger partial charge in [0.05, 0.1) is 18.8 Å². The summed E-state index contributed by atoms with van der Waals surface area (Å²) in [6, 6.07) is 9.54. The zero-order chi connectivity index (χ0) is 26.0. The Balaban J connectivity index is 1.66. The Morgan fingerprint density at radius 1 is 1.03 bits per heavy atom. The number of benzene rings is 1. The molecule has 0 aliphatic carbocycles. The Labute approximate surface area is 215 Å². The number of nitrogens with one attached hydrogen (secondary N) is 1. The summed E-state index contributed by atoms with van der Waals surface area (Å²) in [5, 5.41) is 7.16. The van der Waals surface area contributed by atoms with E-state index in [1.54, 1.807) is 11.9 Å². The molecule has 0 bridgehead atoms. The number of hydrogen-bond acceptors (Lipinski definition) is 6. The third-order valence-corrected chi connectivity index (χ3v) is 8.45. The molecule has 0 spiro atoms. The van der Waals surface area contributed by atoms with E-state index < -0.39 is 10.0 Å². The van der Waals surface area contributed by atoms with Crippen LogP contribution in [0.2, 0.25) is 0 Å². The third kappa shape index (κ3) is 8.28. The molecular formula is C25H41N7O3S. The molecule has 2 heterocycles. The summed E-state index contributed by atoms with van der Waals surface area (Å²) in [5.74, 6) is 1.00. The molecule has 1 aliphatic heterocycles. The van der Waals surface area contributed by atoms with Gasteiger partial charge < -0.3 is 14.7 Å². The number of hydrogen-bond donors (Lipinski definition) is 1. The Morgan fingerprint density at radius 2 is 1.72 bits per heavy atom. The molecule has 0 unspecified atom stereocenters. The molecule has 1 N–H and O–H groups in total. The lowest BCUT2D eigenvalue weighted by molar-refractivity contribution is 0.150. The number of rotatable bonds is 13. The van der Waals surface area contributed by atoms with Crippen LogP contribution in [0.15, 0.2) is 30.3 Å². The van der Waals surface area contributed by atoms with Crippen LogP contribution >= 0.6 is 0 Å². The van der Waals surface area contributed by atoms with E-state index in [-0.39, 0.29) is 31.4 Å². The summed E-state index contributed by atoms with van der Waals surface area (Å²) in [4.78, 5) is 22.9. The number of carbonyl (C=O) groups is 1. The highest BCUT2D eigenvalue weighted by Crippen LogP contribution is 2.15. The van der Waals surface area contributed by atoms with Crippen molar-refractivity contribution in [2.24, 2.45) is 0 Å². The van der Waals surface area contributed by atoms with Crippen LogP contribution in [-0.4, -0.2) is 94.2 Å². The molecule has 1 fully saturated rings. The van der Waals surface area contributed by atoms with E-state index in [0.717, 1.165) is 57.5 Å². The van der Waals surface area contributed by atoms with Gasteiger partial charge >= 0.3 is 6.03 Å². The van der Waals surface area contributed by atoms with E-state index in [0.29, 0.717) is 18.1 Å². The first kappa shape index (κ1) is 28.1. The molecule has 0 atom stereocenters. The number of aromatic nitrogens is 3. The van der Waals surface area contributed by atoms with Crippen molar-refractivity contribution in [2.45, 2.75) is 59.2 Å². The average molecular weight is 520 g/mol. The largest absolute Gasteiger partial charge is 0.325 e. The number of nitrogens with zero attached hydrogens (tertiary/aromatic N) is 6. The average Bonchev–Trinajstić information content (AvgIpc) is 3.33. The molecule has 3 rings (SSSR count). The standard InChI is InChI=1S/C25H41N7O3S/c1-4-30(5-2)15-12-18-36(34,35)32(19-22-13-8-6-9-14-22)21-24-26-23(27-28-24)20-29(3)25(33)31-16-10-7-11-17-31/h6,8-9,13-14H,4-5,7,10-12,15-21H2,1-3H3,(H,26,27,28). The number of likely N-dealkylation sites (tertiary alicyclic amines) is 1. The van der Waals surface area contributed by atoms with Gasteiger partial charge in [-0.05, 0) is 50.9 Å². The first-order valence-electron chi connectivity index (χ1n) is 13.0. The predicted molar refractivity (Wildman–Crippen MR) is 141 cm³/mol. The van der Waals surface area contributed by atoms with Gasteiger partial charge in [-0.15, -0.1) is 0 Å². The Hall–Kier alpha value is -2.50. The number of H-pyrrole nitrogens is 1. The maximum atomic E-state index is 13.3. The van der Waals surface area contributed by atoms with E-state index in [9.17, 15) is 13.2 Å². The normalized spacial score (nSPS) is 14.5. The lowest BCUT2D eigenvalue weighted by Crippen LogP contribution is -2.43. The van der Waals surface area contributed by atoms with Crippen LogP contribution in [0.1, 0.15) is 56.7 Å². The van der Waals surface area contributed by atoms with Gasteiger partial charge in [-0.25, -0.2) is 18.2 Å². The highest BCUT2D eigenvalue weighted by molar-refractivity contribution is 7.89. The van der Waals surface area contributed by atoms with Crippen molar-refractivity contribution in [3.05, 3.63) is 47.5 Å². The van der Waals surface area contributed by atoms with Gasteiger partial charge in [-0.2, -0.15) is 9.40 Å². The minimum absolute atomic E-state index is 0.0193. The Bertz CT molecular complexity index is 1030. The number of carbonyl (C=O) groups excluding carboxylic acids is 1. The first-order chi connectivity index (χ1) is 17.3. The van der Waals surface area contributed by atoms with Crippen molar-refractivity contribution in [1.82, 2.24) is 34.2 Å². The van der Waals surface area contributed by atoms with Gasteiger partial charge in [0.15, 0.2) is 5.82 Å². The van der Waals surface area contributed by atoms with Crippen molar-refractivity contribution < 1.29 is 13.2 Å². The molecule has 200 valence electrons. The van der Waals surface area contributed by atoms with E-state index in [1.165, 1.54) is 4.31 Å². The second-order valence-corrected chi connectivity index (χ2v) is 11.4. The summed E-state index contributed by atoms with van der Waals surface area (Å²) in [5.41, 5.74) is 0.910. The van der Waals surface area contributed by atoms with Crippen LogP contribution < -0.4 is 0 Å². The van der Waals surface area contributed by atoms with Crippen molar-refractivity contribution in [1.29, 1.82) is 0 Å². The highest BCUT2D eigenvalue weighted by atomic mass is 32.2. The summed E-state index contributed by atoms with van der Waals surface area (Å²) in [6.45, 7) is 8.89. The molecule has 11 heteroatoms. The molecular weight excluding hydrogens is 478 g/mol. The maximum Gasteiger partial charge on any atom is 0.320 e. The molecule has 1 aromatic heterocycles. The van der Waals surface area contributed by atoms with Gasteiger partial charge in [-0.3, -0.25) is 5.10 Å². The molecule has 1 aliphatic rings. The van der Waals surface area contributed by atoms with E-state index >= 15 is 0 Å². The third-order valence-electron chi connectivity index (χ3n) is 6.60. The molecule has 1 aromatic carbocycles. The van der Waals surface area contributed by atoms with Gasteiger partial charge in [-0.1, -0.05) is 44.2 Å². The summed E-state index contributed by atoms with van der Waals surface area (Å²) in [7, 11) is -1.78. The zero-order valence-corrected chi connectivity index (χ0v) is 22.7. The zero-order valence-electron chi connectivity index (χ0n) is 21.9. The molecule has 0 saturated carbocycles. The molecule has 2 aromatic rings. The Morgan fingerprint density at radius 3 is 2.39 bits per heavy atom. The van der Waals surface area contributed by atoms with Crippen molar-refractivity contribution >= 4 is 16.1 Å². The van der Waals surface area contributed by atoms with Crippen LogP contribution in [0.3, 0.4) is 0 Å². The minimum atomic E-state index is -3.53. The summed E-state index contributed by atoms with van der Waals surface area (Å²) >= 11 is 0. The molecule has 0 radical (unpaired) electrons. The molecule has 1 saturated heterocycles. The molecule has 36 heavy (non-hydrogen) atoms. The van der Waals surface area contributed by atoms with Crippen LogP contribution in [0.25, 0.3) is 0 Å². The summed E-state index contributed by atoms with van der Waals surface area (Å²) < 4.78 is 28.1. The number of aromatic amines is 1. The number of sulfonamides is 1. The number of amides is 2. The fraction of sp³-hybridized carbons (Fsp3) is 0.640. The molecule has 10 nitrogen and oxygen atoms in total. The Kier molecular flexibility index (Phi) is 10.7. The van der Waals surface area contributed by atoms with Crippen LogP contribution in [-0.2, 0) is 29.7 Å². The predicted octanol–water partition coefficient (Wildman–Crippen LogP) is 2.91. The SMILES string of the molecule is CCN(CC)CCCS(=O)(=O)N(Cc1ccccc1)Cc1n[nH]c(CN(C)C(=O)N2CCCCC2)n1. The van der Waals surface area contributed by atoms with Crippen LogP contribution in [0, 0.1) is 0 Å². The highest BCUT2D eigenvalue weighted by Gasteiger charge is 2.25. The van der Waals surface area contributed by atoms with Crippen molar-refractivity contribution in [2.75, 3.05) is 45.5 Å². The van der Waals surface area contributed by atoms with E-state index in [4.69, 9.17) is 0 Å². The second kappa shape index (κ2) is 13.7. The minimum Gasteiger partial charge on any atom is -0.325 e. The number of urea groups is 1. The topological polar surface area (TPSA) is 106 Å². The fourth-order valence-electron chi connectivity index (χ4n) is 4.43. The monoisotopic (exact) mass is 519 g/mol. The van der Waals surface area contributed by atoms with Gasteiger partial charge in [0.1, 0.15) is 5.82 Å². The van der Waals surface area contributed by atoms with E-state index in [2.05, 4.69) is 33.9 Å². The van der Waals surface area contributed by atoms with Gasteiger partial charge in [0.25, 0.3) is 0 Å². The van der Waals surface area contributed by atoms with Gasteiger partial charge in [0.2, 0.25) is 10.0 Å². The number of piperidine rings is 1. The van der Waals surface area contributed by atoms with Crippen molar-refractivity contribution in [3.63, 3.8) is 0 Å². The van der Waals surface area contributed by atoms with E-state index in [1.807, 2.05) is 35.2 Å². The van der Waals surface area contributed by atoms with Crippen LogP contribution in [0.4, 0.5) is 4.79 Å². The van der Waals surface area contributed by atoms with Gasteiger partial charge in [0, 0.05) is 26.7 Å².